The number of nitrogens with two attached hydrogens (primary N) is 2. The monoisotopic (exact) mass is 303 g/mol. The van der Waals surface area contributed by atoms with Crippen molar-refractivity contribution in [3.8, 4) is 0 Å². The normalized spacial score (nSPS) is 12.7. The molecular formula is C10H13N3O6S. The second-order valence-corrected chi connectivity index (χ2v) is 5.18. The van der Waals surface area contributed by atoms with Gasteiger partial charge in [0.25, 0.3) is 10.1 Å². The Labute approximate surface area is 114 Å². The van der Waals surface area contributed by atoms with Gasteiger partial charge in [0.15, 0.2) is 0 Å². The van der Waals surface area contributed by atoms with Gasteiger partial charge in [-0.25, -0.2) is 10.9 Å². The van der Waals surface area contributed by atoms with E-state index in [1.165, 1.54) is 12.1 Å². The van der Waals surface area contributed by atoms with E-state index in [2.05, 4.69) is 0 Å². The van der Waals surface area contributed by atoms with Gasteiger partial charge in [0, 0.05) is 0 Å². The Morgan fingerprint density at radius 2 is 1.70 bits per heavy atom. The molecule has 0 atom stereocenters. The zero-order valence-electron chi connectivity index (χ0n) is 10.1. The second-order valence-electron chi connectivity index (χ2n) is 3.76. The number of aliphatic hydroxyl groups is 1. The van der Waals surface area contributed by atoms with Gasteiger partial charge in [-0.05, 0) is 24.3 Å². The van der Waals surface area contributed by atoms with Gasteiger partial charge in [-0.2, -0.15) is 8.42 Å². The molecule has 0 radical (unpaired) electrons. The number of aliphatic hydroxyl groups excluding tert-OH is 1. The third kappa shape index (κ3) is 3.85. The maximum absolute atomic E-state index is 10.8. The molecule has 0 fully saturated rings. The standard InChI is InChI=1S/C10H13N3O6S/c11-8(5-9(14)15)10(16)13(12)6-1-3-7(4-2-6)20(17,18)19/h1-4,16H,5,11-12H2,(H,14,15)(H,17,18,19)/b10-8-. The van der Waals surface area contributed by atoms with E-state index in [1.807, 2.05) is 0 Å². The third-order valence-electron chi connectivity index (χ3n) is 2.27. The van der Waals surface area contributed by atoms with E-state index in [9.17, 15) is 18.3 Å². The van der Waals surface area contributed by atoms with E-state index in [0.717, 1.165) is 12.1 Å². The number of hydrogen-bond donors (Lipinski definition) is 5. The molecule has 0 unspecified atom stereocenters. The molecule has 0 aliphatic carbocycles. The number of anilines is 1. The summed E-state index contributed by atoms with van der Waals surface area (Å²) in [6.45, 7) is 0. The van der Waals surface area contributed by atoms with Crippen LogP contribution in [0.5, 0.6) is 0 Å². The Morgan fingerprint density at radius 3 is 2.10 bits per heavy atom. The van der Waals surface area contributed by atoms with Crippen LogP contribution in [0.2, 0.25) is 0 Å². The topological polar surface area (TPSA) is 167 Å². The number of benzene rings is 1. The predicted molar refractivity (Wildman–Crippen MR) is 69.0 cm³/mol. The molecule has 0 saturated heterocycles. The largest absolute Gasteiger partial charge is 0.492 e. The van der Waals surface area contributed by atoms with Gasteiger partial charge in [0.2, 0.25) is 5.88 Å². The lowest BCUT2D eigenvalue weighted by atomic mass is 10.3. The number of carboxylic acids is 1. The lowest BCUT2D eigenvalue weighted by Gasteiger charge is -2.19. The minimum atomic E-state index is -4.33. The molecule has 0 saturated carbocycles. The summed E-state index contributed by atoms with van der Waals surface area (Å²) in [5, 5.41) is 18.9. The number of carbonyl (C=O) groups is 1. The predicted octanol–water partition coefficient (Wildman–Crippen LogP) is -0.226. The number of aliphatic carboxylic acids is 1. The SMILES string of the molecule is N/C(CC(=O)O)=C(\O)N(N)c1ccc(S(=O)(=O)O)cc1. The van der Waals surface area contributed by atoms with Gasteiger partial charge < -0.3 is 15.9 Å². The summed E-state index contributed by atoms with van der Waals surface area (Å²) in [5.41, 5.74) is 5.13. The smallest absolute Gasteiger partial charge is 0.309 e. The van der Waals surface area contributed by atoms with Crippen LogP contribution in [0.15, 0.2) is 40.7 Å². The van der Waals surface area contributed by atoms with Crippen LogP contribution >= 0.6 is 0 Å². The fraction of sp³-hybridized carbons (Fsp3) is 0.100. The second kappa shape index (κ2) is 5.77. The molecule has 0 amide bonds. The Balaban J connectivity index is 3.04. The molecule has 0 bridgehead atoms. The van der Waals surface area contributed by atoms with Crippen molar-refractivity contribution in [1.29, 1.82) is 0 Å². The van der Waals surface area contributed by atoms with Crippen LogP contribution in [0.1, 0.15) is 6.42 Å². The molecule has 0 aliphatic heterocycles. The highest BCUT2D eigenvalue weighted by atomic mass is 32.2. The lowest BCUT2D eigenvalue weighted by molar-refractivity contribution is -0.136. The summed E-state index contributed by atoms with van der Waals surface area (Å²) in [5.74, 6) is 3.59. The van der Waals surface area contributed by atoms with Crippen LogP contribution in [0.25, 0.3) is 0 Å². The van der Waals surface area contributed by atoms with Crippen LogP contribution < -0.4 is 16.6 Å². The van der Waals surface area contributed by atoms with Crippen molar-refractivity contribution in [2.24, 2.45) is 11.6 Å². The van der Waals surface area contributed by atoms with Crippen molar-refractivity contribution in [2.75, 3.05) is 5.01 Å². The molecule has 1 aromatic carbocycles. The molecule has 0 heterocycles. The van der Waals surface area contributed by atoms with Gasteiger partial charge >= 0.3 is 5.97 Å². The molecule has 20 heavy (non-hydrogen) atoms. The molecule has 1 aromatic rings. The fourth-order valence-corrected chi connectivity index (χ4v) is 1.78. The van der Waals surface area contributed by atoms with Gasteiger partial charge in [-0.1, -0.05) is 0 Å². The first-order chi connectivity index (χ1) is 9.12. The first kappa shape index (κ1) is 15.8. The fourth-order valence-electron chi connectivity index (χ4n) is 1.30. The Kier molecular flexibility index (Phi) is 4.55. The van der Waals surface area contributed by atoms with E-state index < -0.39 is 28.4 Å². The summed E-state index contributed by atoms with van der Waals surface area (Å²) >= 11 is 0. The average Bonchev–Trinajstić information content (AvgIpc) is 2.35. The molecule has 7 N–H and O–H groups in total. The number of rotatable bonds is 5. The molecule has 10 heteroatoms. The van der Waals surface area contributed by atoms with Crippen molar-refractivity contribution < 1.29 is 28.0 Å². The van der Waals surface area contributed by atoms with Crippen LogP contribution in [-0.4, -0.2) is 29.2 Å². The number of hydrazine groups is 1. The Morgan fingerprint density at radius 1 is 1.20 bits per heavy atom. The maximum atomic E-state index is 10.8. The highest BCUT2D eigenvalue weighted by Gasteiger charge is 2.15. The molecule has 9 nitrogen and oxygen atoms in total. The quantitative estimate of drug-likeness (QED) is 0.213. The first-order valence-corrected chi connectivity index (χ1v) is 6.58. The van der Waals surface area contributed by atoms with Gasteiger partial charge in [0.05, 0.1) is 22.7 Å². The highest BCUT2D eigenvalue weighted by Crippen LogP contribution is 2.19. The zero-order valence-corrected chi connectivity index (χ0v) is 10.9. The lowest BCUT2D eigenvalue weighted by Crippen LogP contribution is -2.32. The Bertz CT molecular complexity index is 637. The van der Waals surface area contributed by atoms with E-state index in [4.69, 9.17) is 21.2 Å². The molecular weight excluding hydrogens is 290 g/mol. The van der Waals surface area contributed by atoms with Crippen molar-refractivity contribution >= 4 is 21.8 Å². The number of hydrogen-bond acceptors (Lipinski definition) is 7. The maximum Gasteiger partial charge on any atom is 0.309 e. The summed E-state index contributed by atoms with van der Waals surface area (Å²) < 4.78 is 30.5. The van der Waals surface area contributed by atoms with Gasteiger partial charge in [0.1, 0.15) is 0 Å². The van der Waals surface area contributed by atoms with Crippen LogP contribution in [-0.2, 0) is 14.9 Å². The zero-order chi connectivity index (χ0) is 15.5. The van der Waals surface area contributed by atoms with Crippen LogP contribution in [0.4, 0.5) is 5.69 Å². The minimum absolute atomic E-state index is 0.142. The molecule has 0 aliphatic rings. The van der Waals surface area contributed by atoms with Crippen molar-refractivity contribution in [1.82, 2.24) is 0 Å². The highest BCUT2D eigenvalue weighted by molar-refractivity contribution is 7.85. The van der Waals surface area contributed by atoms with E-state index in [1.54, 1.807) is 0 Å². The minimum Gasteiger partial charge on any atom is -0.492 e. The van der Waals surface area contributed by atoms with Crippen LogP contribution in [0.3, 0.4) is 0 Å². The summed E-state index contributed by atoms with van der Waals surface area (Å²) in [4.78, 5) is 10.1. The van der Waals surface area contributed by atoms with Crippen molar-refractivity contribution in [2.45, 2.75) is 11.3 Å². The van der Waals surface area contributed by atoms with Gasteiger partial charge in [-0.3, -0.25) is 9.35 Å². The summed E-state index contributed by atoms with van der Waals surface area (Å²) in [7, 11) is -4.33. The average molecular weight is 303 g/mol. The molecule has 0 spiro atoms. The third-order valence-corrected chi connectivity index (χ3v) is 3.14. The Hall–Kier alpha value is -2.30. The summed E-state index contributed by atoms with van der Waals surface area (Å²) in [6, 6.07) is 4.52. The van der Waals surface area contributed by atoms with Crippen molar-refractivity contribution in [3.05, 3.63) is 35.8 Å². The van der Waals surface area contributed by atoms with Crippen molar-refractivity contribution in [3.63, 3.8) is 0 Å². The summed E-state index contributed by atoms with van der Waals surface area (Å²) in [6.07, 6.45) is -0.608. The van der Waals surface area contributed by atoms with Crippen LogP contribution in [0, 0.1) is 0 Å². The van der Waals surface area contributed by atoms with Gasteiger partial charge in [-0.15, -0.1) is 0 Å². The van der Waals surface area contributed by atoms with E-state index in [0.29, 0.717) is 5.01 Å². The number of carboxylic acid groups (broad SMARTS) is 1. The number of nitrogens with zero attached hydrogens (tertiary/aromatic N) is 1. The molecule has 1 rings (SSSR count). The molecule has 0 aromatic heterocycles. The van der Waals surface area contributed by atoms with E-state index in [-0.39, 0.29) is 16.3 Å². The van der Waals surface area contributed by atoms with E-state index >= 15 is 0 Å². The first-order valence-electron chi connectivity index (χ1n) is 5.14. The molecule has 110 valence electrons.